The van der Waals surface area contributed by atoms with Crippen LogP contribution in [0.4, 0.5) is 4.39 Å². The van der Waals surface area contributed by atoms with Crippen molar-refractivity contribution in [2.75, 3.05) is 0 Å². The Hall–Kier alpha value is -4.39. The first-order valence-electron chi connectivity index (χ1n) is 10.2. The monoisotopic (exact) mass is 420 g/mol. The summed E-state index contributed by atoms with van der Waals surface area (Å²) in [5.74, 6) is -0.255. The van der Waals surface area contributed by atoms with Gasteiger partial charge in [-0.05, 0) is 71.6 Å². The van der Waals surface area contributed by atoms with Crippen molar-refractivity contribution in [3.63, 3.8) is 0 Å². The minimum atomic E-state index is -0.255. The fourth-order valence-corrected chi connectivity index (χ4v) is 4.11. The summed E-state index contributed by atoms with van der Waals surface area (Å²) in [5.41, 5.74) is 7.63. The van der Waals surface area contributed by atoms with Crippen LogP contribution >= 0.6 is 0 Å². The molecule has 0 radical (unpaired) electrons. The van der Waals surface area contributed by atoms with Crippen LogP contribution in [0.2, 0.25) is 0 Å². The molecule has 0 atom stereocenters. The van der Waals surface area contributed by atoms with E-state index in [0.717, 1.165) is 55.6 Å². The first kappa shape index (κ1) is 18.4. The third-order valence-electron chi connectivity index (χ3n) is 5.58. The number of hydrogen-bond acceptors (Lipinski definition) is 4. The average molecular weight is 420 g/mol. The number of aromatic nitrogens is 6. The lowest BCUT2D eigenvalue weighted by Crippen LogP contribution is -1.85. The predicted octanol–water partition coefficient (Wildman–Crippen LogP) is 5.68. The van der Waals surface area contributed by atoms with Gasteiger partial charge in [0.05, 0.1) is 11.4 Å². The number of pyridine rings is 3. The molecule has 6 rings (SSSR count). The third kappa shape index (κ3) is 3.02. The van der Waals surface area contributed by atoms with Crippen LogP contribution in [0.3, 0.4) is 0 Å². The molecule has 6 nitrogen and oxygen atoms in total. The maximum Gasteiger partial charge on any atom is 0.181 e. The van der Waals surface area contributed by atoms with Gasteiger partial charge in [-0.15, -0.1) is 0 Å². The van der Waals surface area contributed by atoms with E-state index in [1.54, 1.807) is 30.9 Å². The van der Waals surface area contributed by atoms with Gasteiger partial charge in [-0.3, -0.25) is 10.1 Å². The van der Waals surface area contributed by atoms with Gasteiger partial charge in [-0.2, -0.15) is 5.10 Å². The second-order valence-corrected chi connectivity index (χ2v) is 7.75. The largest absolute Gasteiger partial charge is 0.338 e. The van der Waals surface area contributed by atoms with Gasteiger partial charge in [0.25, 0.3) is 0 Å². The number of halogens is 1. The Bertz CT molecular complexity index is 1580. The molecular formula is C25H17FN6. The highest BCUT2D eigenvalue weighted by Crippen LogP contribution is 2.34. The fourth-order valence-electron chi connectivity index (χ4n) is 4.11. The van der Waals surface area contributed by atoms with Gasteiger partial charge in [0.1, 0.15) is 11.5 Å². The molecule has 2 N–H and O–H groups in total. The highest BCUT2D eigenvalue weighted by Gasteiger charge is 2.15. The predicted molar refractivity (Wildman–Crippen MR) is 122 cm³/mol. The number of H-pyrrole nitrogens is 2. The molecule has 0 aliphatic rings. The number of fused-ring (bicyclic) bond motifs is 2. The molecule has 0 spiro atoms. The lowest BCUT2D eigenvalue weighted by molar-refractivity contribution is 0.627. The Morgan fingerprint density at radius 3 is 2.53 bits per heavy atom. The van der Waals surface area contributed by atoms with E-state index in [9.17, 15) is 4.39 Å². The number of rotatable bonds is 3. The SMILES string of the molecule is Cc1cc(F)cc(-c2ccnc3[nH]c(-c4[nH]nc5ncc(-c6ccncc6)cc45)cc23)c1. The molecule has 0 aliphatic heterocycles. The van der Waals surface area contributed by atoms with Crippen LogP contribution in [-0.4, -0.2) is 30.1 Å². The van der Waals surface area contributed by atoms with E-state index in [0.29, 0.717) is 5.65 Å². The van der Waals surface area contributed by atoms with E-state index in [1.165, 1.54) is 6.07 Å². The molecule has 0 unspecified atom stereocenters. The first-order chi connectivity index (χ1) is 15.7. The number of nitrogens with zero attached hydrogens (tertiary/aromatic N) is 4. The van der Waals surface area contributed by atoms with Crippen molar-refractivity contribution in [2.24, 2.45) is 0 Å². The van der Waals surface area contributed by atoms with Gasteiger partial charge in [0.15, 0.2) is 5.65 Å². The molecule has 32 heavy (non-hydrogen) atoms. The van der Waals surface area contributed by atoms with E-state index in [-0.39, 0.29) is 5.82 Å². The summed E-state index contributed by atoms with van der Waals surface area (Å²) in [6, 6.07) is 14.9. The lowest BCUT2D eigenvalue weighted by atomic mass is 10.0. The van der Waals surface area contributed by atoms with Crippen LogP contribution in [0.15, 0.2) is 73.3 Å². The first-order valence-corrected chi connectivity index (χ1v) is 10.2. The van der Waals surface area contributed by atoms with Gasteiger partial charge in [-0.25, -0.2) is 14.4 Å². The highest BCUT2D eigenvalue weighted by molar-refractivity contribution is 5.99. The zero-order valence-electron chi connectivity index (χ0n) is 17.1. The summed E-state index contributed by atoms with van der Waals surface area (Å²) in [5, 5.41) is 9.28. The molecule has 0 fully saturated rings. The summed E-state index contributed by atoms with van der Waals surface area (Å²) in [6.45, 7) is 1.89. The van der Waals surface area contributed by atoms with Crippen molar-refractivity contribution < 1.29 is 4.39 Å². The number of hydrogen-bond donors (Lipinski definition) is 2. The molecule has 0 saturated carbocycles. The van der Waals surface area contributed by atoms with Crippen LogP contribution < -0.4 is 0 Å². The Kier molecular flexibility index (Phi) is 4.07. The minimum Gasteiger partial charge on any atom is -0.338 e. The van der Waals surface area contributed by atoms with Crippen molar-refractivity contribution in [2.45, 2.75) is 6.92 Å². The van der Waals surface area contributed by atoms with E-state index in [4.69, 9.17) is 0 Å². The zero-order chi connectivity index (χ0) is 21.7. The van der Waals surface area contributed by atoms with Crippen LogP contribution in [0.25, 0.3) is 55.7 Å². The fraction of sp³-hybridized carbons (Fsp3) is 0.0400. The molecule has 5 heterocycles. The standard InChI is InChI=1S/C25H17FN6/c1-14-8-16(10-18(26)9-14)19-4-7-28-24-20(19)12-22(30-24)23-21-11-17(13-29-25(21)32-31-23)15-2-5-27-6-3-15/h2-13H,1H3,(H,28,30)(H,29,31,32). The molecule has 0 bridgehead atoms. The molecule has 154 valence electrons. The Balaban J connectivity index is 1.52. The topological polar surface area (TPSA) is 83.1 Å². The molecule has 0 saturated heterocycles. The zero-order valence-corrected chi connectivity index (χ0v) is 17.1. The van der Waals surface area contributed by atoms with Crippen LogP contribution in [0.1, 0.15) is 5.56 Å². The maximum absolute atomic E-state index is 14.0. The highest BCUT2D eigenvalue weighted by atomic mass is 19.1. The average Bonchev–Trinajstić information content (AvgIpc) is 3.42. The Morgan fingerprint density at radius 2 is 1.69 bits per heavy atom. The van der Waals surface area contributed by atoms with Gasteiger partial charge < -0.3 is 4.98 Å². The number of benzene rings is 1. The van der Waals surface area contributed by atoms with Crippen molar-refractivity contribution in [3.05, 3.63) is 84.7 Å². The molecule has 1 aromatic carbocycles. The summed E-state index contributed by atoms with van der Waals surface area (Å²) in [6.07, 6.45) is 7.05. The Morgan fingerprint density at radius 1 is 0.812 bits per heavy atom. The smallest absolute Gasteiger partial charge is 0.181 e. The van der Waals surface area contributed by atoms with Crippen molar-refractivity contribution >= 4 is 22.1 Å². The van der Waals surface area contributed by atoms with Gasteiger partial charge in [-0.1, -0.05) is 6.07 Å². The number of nitrogens with one attached hydrogen (secondary N) is 2. The van der Waals surface area contributed by atoms with Crippen LogP contribution in [0.5, 0.6) is 0 Å². The quantitative estimate of drug-likeness (QED) is 0.386. The van der Waals surface area contributed by atoms with Gasteiger partial charge in [0, 0.05) is 41.1 Å². The van der Waals surface area contributed by atoms with Crippen LogP contribution in [0, 0.1) is 12.7 Å². The van der Waals surface area contributed by atoms with Gasteiger partial charge >= 0.3 is 0 Å². The second-order valence-electron chi connectivity index (χ2n) is 7.75. The summed E-state index contributed by atoms with van der Waals surface area (Å²) < 4.78 is 14.0. The maximum atomic E-state index is 14.0. The summed E-state index contributed by atoms with van der Waals surface area (Å²) in [4.78, 5) is 16.4. The molecule has 6 aromatic rings. The van der Waals surface area contributed by atoms with Crippen molar-refractivity contribution in [1.29, 1.82) is 0 Å². The summed E-state index contributed by atoms with van der Waals surface area (Å²) in [7, 11) is 0. The number of aryl methyl sites for hydroxylation is 1. The van der Waals surface area contributed by atoms with E-state index in [1.807, 2.05) is 37.3 Å². The third-order valence-corrected chi connectivity index (χ3v) is 5.58. The second kappa shape index (κ2) is 7.09. The molecule has 5 aromatic heterocycles. The van der Waals surface area contributed by atoms with Crippen LogP contribution in [-0.2, 0) is 0 Å². The normalized spacial score (nSPS) is 11.4. The van der Waals surface area contributed by atoms with E-state index in [2.05, 4.69) is 36.2 Å². The number of aromatic amines is 2. The molecule has 0 amide bonds. The molecule has 0 aliphatic carbocycles. The van der Waals surface area contributed by atoms with E-state index >= 15 is 0 Å². The molecular weight excluding hydrogens is 403 g/mol. The van der Waals surface area contributed by atoms with Crippen molar-refractivity contribution in [1.82, 2.24) is 30.1 Å². The minimum absolute atomic E-state index is 0.255. The summed E-state index contributed by atoms with van der Waals surface area (Å²) >= 11 is 0. The molecule has 7 heteroatoms. The van der Waals surface area contributed by atoms with Crippen molar-refractivity contribution in [3.8, 4) is 33.6 Å². The Labute approximate surface area is 182 Å². The van der Waals surface area contributed by atoms with Gasteiger partial charge in [0.2, 0.25) is 0 Å². The lowest BCUT2D eigenvalue weighted by Gasteiger charge is -2.05. The van der Waals surface area contributed by atoms with E-state index < -0.39 is 0 Å².